The number of carboxylic acids is 1. The molecule has 0 saturated heterocycles. The molecule has 0 spiro atoms. The standard InChI is InChI=1S/C14H13NO2/c1-9-6-7-15-13(10(9)2)11-4-3-5-12(8-11)14(16)17/h3-8H,1-2H3,(H,16,17). The minimum atomic E-state index is -0.919. The molecular formula is C14H13NO2. The summed E-state index contributed by atoms with van der Waals surface area (Å²) < 4.78 is 0. The summed E-state index contributed by atoms with van der Waals surface area (Å²) in [4.78, 5) is 15.2. The summed E-state index contributed by atoms with van der Waals surface area (Å²) in [5.74, 6) is -0.919. The predicted octanol–water partition coefficient (Wildman–Crippen LogP) is 3.06. The second-order valence-electron chi connectivity index (χ2n) is 3.99. The first-order valence-corrected chi connectivity index (χ1v) is 5.35. The average Bonchev–Trinajstić information content (AvgIpc) is 2.33. The third kappa shape index (κ3) is 2.18. The molecule has 0 aliphatic rings. The van der Waals surface area contributed by atoms with Gasteiger partial charge in [-0.3, -0.25) is 4.98 Å². The van der Waals surface area contributed by atoms with E-state index in [1.165, 1.54) is 0 Å². The van der Waals surface area contributed by atoms with Crippen LogP contribution >= 0.6 is 0 Å². The number of aromatic carboxylic acids is 1. The van der Waals surface area contributed by atoms with E-state index in [9.17, 15) is 4.79 Å². The van der Waals surface area contributed by atoms with E-state index in [1.807, 2.05) is 26.0 Å². The molecule has 0 saturated carbocycles. The number of pyridine rings is 1. The fourth-order valence-electron chi connectivity index (χ4n) is 1.72. The maximum absolute atomic E-state index is 10.9. The van der Waals surface area contributed by atoms with Gasteiger partial charge in [-0.25, -0.2) is 4.79 Å². The first-order chi connectivity index (χ1) is 8.09. The summed E-state index contributed by atoms with van der Waals surface area (Å²) in [6, 6.07) is 8.79. The second kappa shape index (κ2) is 4.37. The van der Waals surface area contributed by atoms with Gasteiger partial charge in [-0.2, -0.15) is 0 Å². The predicted molar refractivity (Wildman–Crippen MR) is 66.1 cm³/mol. The highest BCUT2D eigenvalue weighted by molar-refractivity contribution is 5.89. The van der Waals surface area contributed by atoms with Gasteiger partial charge in [-0.05, 0) is 43.2 Å². The molecule has 0 fully saturated rings. The van der Waals surface area contributed by atoms with Crippen molar-refractivity contribution in [1.29, 1.82) is 0 Å². The van der Waals surface area contributed by atoms with Crippen molar-refractivity contribution < 1.29 is 9.90 Å². The summed E-state index contributed by atoms with van der Waals surface area (Å²) in [5, 5.41) is 8.96. The van der Waals surface area contributed by atoms with E-state index in [0.29, 0.717) is 0 Å². The van der Waals surface area contributed by atoms with Crippen molar-refractivity contribution >= 4 is 5.97 Å². The molecular weight excluding hydrogens is 214 g/mol. The molecule has 2 rings (SSSR count). The number of hydrogen-bond donors (Lipinski definition) is 1. The molecule has 0 aliphatic carbocycles. The molecule has 3 nitrogen and oxygen atoms in total. The summed E-state index contributed by atoms with van der Waals surface area (Å²) in [6.45, 7) is 4.01. The first-order valence-electron chi connectivity index (χ1n) is 5.35. The van der Waals surface area contributed by atoms with Crippen molar-refractivity contribution in [3.05, 3.63) is 53.2 Å². The maximum Gasteiger partial charge on any atom is 0.335 e. The minimum Gasteiger partial charge on any atom is -0.478 e. The smallest absolute Gasteiger partial charge is 0.335 e. The fraction of sp³-hybridized carbons (Fsp3) is 0.143. The summed E-state index contributed by atoms with van der Waals surface area (Å²) >= 11 is 0. The van der Waals surface area contributed by atoms with E-state index in [4.69, 9.17) is 5.11 Å². The molecule has 1 heterocycles. The van der Waals surface area contributed by atoms with Crippen LogP contribution in [0.5, 0.6) is 0 Å². The van der Waals surface area contributed by atoms with Gasteiger partial charge in [-0.15, -0.1) is 0 Å². The van der Waals surface area contributed by atoms with Crippen molar-refractivity contribution in [2.24, 2.45) is 0 Å². The van der Waals surface area contributed by atoms with Gasteiger partial charge in [0.1, 0.15) is 0 Å². The zero-order valence-electron chi connectivity index (χ0n) is 9.77. The molecule has 0 bridgehead atoms. The molecule has 0 aliphatic heterocycles. The Balaban J connectivity index is 2.57. The van der Waals surface area contributed by atoms with E-state index in [2.05, 4.69) is 4.98 Å². The van der Waals surface area contributed by atoms with Gasteiger partial charge >= 0.3 is 5.97 Å². The lowest BCUT2D eigenvalue weighted by atomic mass is 10.0. The van der Waals surface area contributed by atoms with Crippen LogP contribution in [0.2, 0.25) is 0 Å². The highest BCUT2D eigenvalue weighted by Gasteiger charge is 2.08. The Morgan fingerprint density at radius 2 is 2.00 bits per heavy atom. The van der Waals surface area contributed by atoms with Gasteiger partial charge in [0.05, 0.1) is 11.3 Å². The van der Waals surface area contributed by atoms with E-state index < -0.39 is 5.97 Å². The largest absolute Gasteiger partial charge is 0.478 e. The van der Waals surface area contributed by atoms with Crippen LogP contribution in [0.3, 0.4) is 0 Å². The monoisotopic (exact) mass is 227 g/mol. The van der Waals surface area contributed by atoms with E-state index >= 15 is 0 Å². The van der Waals surface area contributed by atoms with Crippen molar-refractivity contribution in [1.82, 2.24) is 4.98 Å². The van der Waals surface area contributed by atoms with Crippen LogP contribution < -0.4 is 0 Å². The zero-order chi connectivity index (χ0) is 12.4. The zero-order valence-corrected chi connectivity index (χ0v) is 9.77. The highest BCUT2D eigenvalue weighted by Crippen LogP contribution is 2.23. The van der Waals surface area contributed by atoms with Crippen LogP contribution in [-0.4, -0.2) is 16.1 Å². The Bertz CT molecular complexity index is 576. The molecule has 17 heavy (non-hydrogen) atoms. The summed E-state index contributed by atoms with van der Waals surface area (Å²) in [7, 11) is 0. The van der Waals surface area contributed by atoms with Crippen LogP contribution in [0.15, 0.2) is 36.5 Å². The summed E-state index contributed by atoms with van der Waals surface area (Å²) in [6.07, 6.45) is 1.74. The lowest BCUT2D eigenvalue weighted by Gasteiger charge is -2.08. The van der Waals surface area contributed by atoms with Crippen molar-refractivity contribution in [2.75, 3.05) is 0 Å². The Morgan fingerprint density at radius 3 is 2.71 bits per heavy atom. The van der Waals surface area contributed by atoms with Gasteiger partial charge in [0.2, 0.25) is 0 Å². The van der Waals surface area contributed by atoms with Crippen LogP contribution in [0, 0.1) is 13.8 Å². The molecule has 0 amide bonds. The Morgan fingerprint density at radius 1 is 1.24 bits per heavy atom. The molecule has 2 aromatic rings. The van der Waals surface area contributed by atoms with E-state index in [0.717, 1.165) is 22.4 Å². The third-order valence-electron chi connectivity index (χ3n) is 2.86. The van der Waals surface area contributed by atoms with Crippen molar-refractivity contribution in [3.63, 3.8) is 0 Å². The molecule has 1 aromatic carbocycles. The fourth-order valence-corrected chi connectivity index (χ4v) is 1.72. The number of rotatable bonds is 2. The highest BCUT2D eigenvalue weighted by atomic mass is 16.4. The van der Waals surface area contributed by atoms with Crippen LogP contribution in [0.1, 0.15) is 21.5 Å². The van der Waals surface area contributed by atoms with Crippen LogP contribution in [-0.2, 0) is 0 Å². The van der Waals surface area contributed by atoms with Crippen LogP contribution in [0.25, 0.3) is 11.3 Å². The molecule has 1 aromatic heterocycles. The Kier molecular flexibility index (Phi) is 2.91. The maximum atomic E-state index is 10.9. The normalized spacial score (nSPS) is 10.2. The Labute approximate surface area is 99.8 Å². The van der Waals surface area contributed by atoms with Gasteiger partial charge in [-0.1, -0.05) is 12.1 Å². The van der Waals surface area contributed by atoms with Crippen molar-refractivity contribution in [2.45, 2.75) is 13.8 Å². The number of aromatic nitrogens is 1. The summed E-state index contributed by atoms with van der Waals surface area (Å²) in [5.41, 5.74) is 4.19. The number of aryl methyl sites for hydroxylation is 1. The van der Waals surface area contributed by atoms with Gasteiger partial charge in [0.25, 0.3) is 0 Å². The van der Waals surface area contributed by atoms with Crippen LogP contribution in [0.4, 0.5) is 0 Å². The van der Waals surface area contributed by atoms with E-state index in [1.54, 1.807) is 24.4 Å². The molecule has 1 N–H and O–H groups in total. The lowest BCUT2D eigenvalue weighted by molar-refractivity contribution is 0.0697. The van der Waals surface area contributed by atoms with Crippen molar-refractivity contribution in [3.8, 4) is 11.3 Å². The van der Waals surface area contributed by atoms with Gasteiger partial charge in [0, 0.05) is 11.8 Å². The number of carboxylic acid groups (broad SMARTS) is 1. The molecule has 86 valence electrons. The second-order valence-corrected chi connectivity index (χ2v) is 3.99. The van der Waals surface area contributed by atoms with E-state index in [-0.39, 0.29) is 5.56 Å². The minimum absolute atomic E-state index is 0.283. The third-order valence-corrected chi connectivity index (χ3v) is 2.86. The molecule has 0 atom stereocenters. The molecule has 0 unspecified atom stereocenters. The number of nitrogens with zero attached hydrogens (tertiary/aromatic N) is 1. The van der Waals surface area contributed by atoms with Gasteiger partial charge < -0.3 is 5.11 Å². The average molecular weight is 227 g/mol. The van der Waals surface area contributed by atoms with Gasteiger partial charge in [0.15, 0.2) is 0 Å². The lowest BCUT2D eigenvalue weighted by Crippen LogP contribution is -1.97. The number of hydrogen-bond acceptors (Lipinski definition) is 2. The molecule has 3 heteroatoms. The molecule has 0 radical (unpaired) electrons. The SMILES string of the molecule is Cc1ccnc(-c2cccc(C(=O)O)c2)c1C. The topological polar surface area (TPSA) is 50.2 Å². The quantitative estimate of drug-likeness (QED) is 0.857. The Hall–Kier alpha value is -2.16. The number of benzene rings is 1. The number of carbonyl (C=O) groups is 1. The first kappa shape index (κ1) is 11.3.